The number of hydrogen-bond donors (Lipinski definition) is 0. The van der Waals surface area contributed by atoms with Gasteiger partial charge in [-0.2, -0.15) is 0 Å². The van der Waals surface area contributed by atoms with Crippen LogP contribution < -0.4 is 0 Å². The zero-order chi connectivity index (χ0) is 13.3. The molecule has 0 N–H and O–H groups in total. The van der Waals surface area contributed by atoms with Crippen molar-refractivity contribution in [2.75, 3.05) is 0 Å². The number of ether oxygens (including phenoxy) is 1. The maximum atomic E-state index is 11.1. The minimum atomic E-state index is -0.439. The third kappa shape index (κ3) is 2.87. The van der Waals surface area contributed by atoms with Crippen LogP contribution in [-0.4, -0.2) is 22.0 Å². The molecule has 1 aliphatic rings. The topological polar surface area (TPSA) is 38.7 Å². The molecule has 0 saturated carbocycles. The van der Waals surface area contributed by atoms with Gasteiger partial charge in [-0.3, -0.25) is 4.79 Å². The van der Waals surface area contributed by atoms with Crippen molar-refractivity contribution >= 4 is 34.4 Å². The predicted molar refractivity (Wildman–Crippen MR) is 75.2 cm³/mol. The van der Waals surface area contributed by atoms with E-state index in [2.05, 4.69) is 4.99 Å². The first-order chi connectivity index (χ1) is 8.38. The summed E-state index contributed by atoms with van der Waals surface area (Å²) >= 11 is 7.46. The van der Waals surface area contributed by atoms with Crippen molar-refractivity contribution in [3.05, 3.63) is 34.9 Å². The molecule has 1 aromatic rings. The highest BCUT2D eigenvalue weighted by Gasteiger charge is 2.40. The van der Waals surface area contributed by atoms with Crippen LogP contribution in [0.15, 0.2) is 29.3 Å². The fourth-order valence-electron chi connectivity index (χ4n) is 1.64. The number of thioether (sulfide) groups is 1. The molecule has 18 heavy (non-hydrogen) atoms. The molecule has 0 bridgehead atoms. The second-order valence-corrected chi connectivity index (χ2v) is 6.69. The van der Waals surface area contributed by atoms with E-state index >= 15 is 0 Å². The molecule has 0 spiro atoms. The second kappa shape index (κ2) is 4.94. The number of nitrogens with zero attached hydrogens (tertiary/aromatic N) is 1. The summed E-state index contributed by atoms with van der Waals surface area (Å²) in [6.07, 6.45) is -0.439. The summed E-state index contributed by atoms with van der Waals surface area (Å²) < 4.78 is 4.98. The van der Waals surface area contributed by atoms with Crippen molar-refractivity contribution in [3.63, 3.8) is 0 Å². The third-order valence-corrected chi connectivity index (χ3v) is 4.07. The molecule has 1 atom stereocenters. The van der Waals surface area contributed by atoms with Gasteiger partial charge in [0.1, 0.15) is 5.04 Å². The predicted octanol–water partition coefficient (Wildman–Crippen LogP) is 3.50. The van der Waals surface area contributed by atoms with Gasteiger partial charge < -0.3 is 4.74 Å². The van der Waals surface area contributed by atoms with E-state index in [4.69, 9.17) is 16.3 Å². The van der Waals surface area contributed by atoms with Crippen molar-refractivity contribution in [2.24, 2.45) is 4.99 Å². The van der Waals surface area contributed by atoms with Crippen LogP contribution in [0.3, 0.4) is 0 Å². The lowest BCUT2D eigenvalue weighted by Gasteiger charge is -2.23. The number of halogens is 1. The fourth-order valence-corrected chi connectivity index (χ4v) is 2.87. The standard InChI is InChI=1S/C13H14ClNO2S/c1-8(16)17-12-13(2,3)18-11(15-12)9-4-6-10(14)7-5-9/h4-7,12H,1-3H3. The van der Waals surface area contributed by atoms with Gasteiger partial charge in [-0.25, -0.2) is 4.99 Å². The highest BCUT2D eigenvalue weighted by molar-refractivity contribution is 8.15. The molecule has 1 unspecified atom stereocenters. The fraction of sp³-hybridized carbons (Fsp3) is 0.385. The summed E-state index contributed by atoms with van der Waals surface area (Å²) in [6.45, 7) is 5.42. The highest BCUT2D eigenvalue weighted by Crippen LogP contribution is 2.40. The molecule has 96 valence electrons. The summed E-state index contributed by atoms with van der Waals surface area (Å²) in [5.74, 6) is -0.310. The molecule has 2 rings (SSSR count). The van der Waals surface area contributed by atoms with E-state index in [0.29, 0.717) is 5.02 Å². The molecule has 5 heteroatoms. The third-order valence-electron chi connectivity index (χ3n) is 2.56. The molecule has 1 aromatic carbocycles. The van der Waals surface area contributed by atoms with E-state index in [-0.39, 0.29) is 10.7 Å². The number of esters is 1. The average Bonchev–Trinajstić information content (AvgIpc) is 2.54. The van der Waals surface area contributed by atoms with Crippen molar-refractivity contribution in [3.8, 4) is 0 Å². The van der Waals surface area contributed by atoms with E-state index in [0.717, 1.165) is 10.6 Å². The Labute approximate surface area is 116 Å². The quantitative estimate of drug-likeness (QED) is 0.780. The van der Waals surface area contributed by atoms with E-state index in [9.17, 15) is 4.79 Å². The Morgan fingerprint density at radius 3 is 2.56 bits per heavy atom. The van der Waals surface area contributed by atoms with E-state index < -0.39 is 6.23 Å². The van der Waals surface area contributed by atoms with E-state index in [1.54, 1.807) is 11.8 Å². The average molecular weight is 284 g/mol. The van der Waals surface area contributed by atoms with Crippen LogP contribution >= 0.6 is 23.4 Å². The summed E-state index contributed by atoms with van der Waals surface area (Å²) in [5, 5.41) is 1.57. The van der Waals surface area contributed by atoms with Gasteiger partial charge in [-0.15, -0.1) is 0 Å². The van der Waals surface area contributed by atoms with Gasteiger partial charge in [0.2, 0.25) is 6.23 Å². The van der Waals surface area contributed by atoms with Gasteiger partial charge in [0.15, 0.2) is 0 Å². The normalized spacial score (nSPS) is 21.6. The van der Waals surface area contributed by atoms with Gasteiger partial charge in [0.25, 0.3) is 0 Å². The van der Waals surface area contributed by atoms with Crippen LogP contribution in [0.25, 0.3) is 0 Å². The number of hydrogen-bond acceptors (Lipinski definition) is 4. The Kier molecular flexibility index (Phi) is 3.69. The first-order valence-corrected chi connectivity index (χ1v) is 6.78. The summed E-state index contributed by atoms with van der Waals surface area (Å²) in [4.78, 5) is 15.5. The minimum Gasteiger partial charge on any atom is -0.438 e. The first kappa shape index (κ1) is 13.4. The van der Waals surface area contributed by atoms with Crippen LogP contribution in [0.5, 0.6) is 0 Å². The number of carbonyl (C=O) groups is 1. The Bertz CT molecular complexity index is 496. The molecular weight excluding hydrogens is 270 g/mol. The Balaban J connectivity index is 2.25. The zero-order valence-corrected chi connectivity index (χ0v) is 12.0. The molecule has 1 aliphatic heterocycles. The van der Waals surface area contributed by atoms with Crippen molar-refractivity contribution in [1.82, 2.24) is 0 Å². The Morgan fingerprint density at radius 1 is 1.39 bits per heavy atom. The Morgan fingerprint density at radius 2 is 2.00 bits per heavy atom. The number of aliphatic imine (C=N–C) groups is 1. The van der Waals surface area contributed by atoms with Crippen LogP contribution in [0.4, 0.5) is 0 Å². The van der Waals surface area contributed by atoms with Gasteiger partial charge in [0, 0.05) is 17.5 Å². The molecule has 0 aliphatic carbocycles. The smallest absolute Gasteiger partial charge is 0.304 e. The SMILES string of the molecule is CC(=O)OC1N=C(c2ccc(Cl)cc2)SC1(C)C. The number of carbonyl (C=O) groups excluding carboxylic acids is 1. The second-order valence-electron chi connectivity index (χ2n) is 4.61. The lowest BCUT2D eigenvalue weighted by Crippen LogP contribution is -2.31. The monoisotopic (exact) mass is 283 g/mol. The van der Waals surface area contributed by atoms with Crippen LogP contribution in [0.1, 0.15) is 26.3 Å². The maximum absolute atomic E-state index is 11.1. The largest absolute Gasteiger partial charge is 0.438 e. The molecule has 0 amide bonds. The summed E-state index contributed by atoms with van der Waals surface area (Å²) in [5.41, 5.74) is 0.993. The van der Waals surface area contributed by atoms with Gasteiger partial charge in [0.05, 0.1) is 4.75 Å². The Hall–Kier alpha value is -1.000. The van der Waals surface area contributed by atoms with Crippen LogP contribution in [0, 0.1) is 0 Å². The number of benzene rings is 1. The van der Waals surface area contributed by atoms with Gasteiger partial charge in [-0.05, 0) is 26.0 Å². The van der Waals surface area contributed by atoms with Crippen molar-refractivity contribution in [1.29, 1.82) is 0 Å². The highest BCUT2D eigenvalue weighted by atomic mass is 35.5. The van der Waals surface area contributed by atoms with Crippen molar-refractivity contribution < 1.29 is 9.53 Å². The maximum Gasteiger partial charge on any atom is 0.304 e. The summed E-state index contributed by atoms with van der Waals surface area (Å²) in [6, 6.07) is 7.49. The molecule has 0 radical (unpaired) electrons. The molecule has 0 aromatic heterocycles. The number of rotatable bonds is 2. The lowest BCUT2D eigenvalue weighted by atomic mass is 10.2. The van der Waals surface area contributed by atoms with Gasteiger partial charge in [-0.1, -0.05) is 35.5 Å². The van der Waals surface area contributed by atoms with Crippen LogP contribution in [0.2, 0.25) is 5.02 Å². The molecule has 0 fully saturated rings. The molecular formula is C13H14ClNO2S. The van der Waals surface area contributed by atoms with Gasteiger partial charge >= 0.3 is 5.97 Å². The van der Waals surface area contributed by atoms with Crippen molar-refractivity contribution in [2.45, 2.75) is 31.7 Å². The molecule has 1 heterocycles. The van der Waals surface area contributed by atoms with E-state index in [1.807, 2.05) is 38.1 Å². The zero-order valence-electron chi connectivity index (χ0n) is 10.4. The molecule has 0 saturated heterocycles. The molecule has 3 nitrogen and oxygen atoms in total. The first-order valence-electron chi connectivity index (χ1n) is 5.58. The summed E-state index contributed by atoms with van der Waals surface area (Å²) in [7, 11) is 0. The lowest BCUT2D eigenvalue weighted by molar-refractivity contribution is -0.146. The minimum absolute atomic E-state index is 0.249. The van der Waals surface area contributed by atoms with Crippen LogP contribution in [-0.2, 0) is 9.53 Å². The van der Waals surface area contributed by atoms with E-state index in [1.165, 1.54) is 6.92 Å².